The molecule has 0 atom stereocenters. The Labute approximate surface area is 127 Å². The molecule has 0 spiro atoms. The number of primary amides is 1. The van der Waals surface area contributed by atoms with Gasteiger partial charge in [-0.3, -0.25) is 9.59 Å². The van der Waals surface area contributed by atoms with Crippen LogP contribution >= 0.6 is 11.8 Å². The van der Waals surface area contributed by atoms with E-state index in [9.17, 15) is 9.59 Å². The standard InChI is InChI=1S/C15H17N3O2S/c1-8-9(2)13(14(16)20)15(18-10(8)3)21-7-12(19)11-5-4-6-17-11/h4-6,17H,7H2,1-3H3,(H2,16,20). The summed E-state index contributed by atoms with van der Waals surface area (Å²) in [6.45, 7) is 5.63. The van der Waals surface area contributed by atoms with Crippen molar-refractivity contribution in [3.8, 4) is 0 Å². The Bertz CT molecular complexity index is 693. The summed E-state index contributed by atoms with van der Waals surface area (Å²) in [6.07, 6.45) is 1.70. The van der Waals surface area contributed by atoms with E-state index in [-0.39, 0.29) is 11.5 Å². The highest BCUT2D eigenvalue weighted by atomic mass is 32.2. The number of ketones is 1. The van der Waals surface area contributed by atoms with Crippen molar-refractivity contribution < 1.29 is 9.59 Å². The fourth-order valence-corrected chi connectivity index (χ4v) is 3.04. The summed E-state index contributed by atoms with van der Waals surface area (Å²) in [5, 5.41) is 0.517. The van der Waals surface area contributed by atoms with Crippen LogP contribution < -0.4 is 5.73 Å². The van der Waals surface area contributed by atoms with E-state index in [2.05, 4.69) is 9.97 Å². The van der Waals surface area contributed by atoms with Gasteiger partial charge in [-0.1, -0.05) is 11.8 Å². The molecule has 5 nitrogen and oxygen atoms in total. The minimum atomic E-state index is -0.516. The molecule has 21 heavy (non-hydrogen) atoms. The first-order valence-corrected chi connectivity index (χ1v) is 7.47. The number of aryl methyl sites for hydroxylation is 1. The van der Waals surface area contributed by atoms with Crippen LogP contribution in [0.2, 0.25) is 0 Å². The number of aromatic amines is 1. The summed E-state index contributed by atoms with van der Waals surface area (Å²) < 4.78 is 0. The molecule has 110 valence electrons. The Kier molecular flexibility index (Phi) is 4.47. The Morgan fingerprint density at radius 2 is 2.00 bits per heavy atom. The topological polar surface area (TPSA) is 88.8 Å². The highest BCUT2D eigenvalue weighted by Crippen LogP contribution is 2.27. The van der Waals surface area contributed by atoms with Gasteiger partial charge in [0.1, 0.15) is 5.03 Å². The molecule has 0 aliphatic heterocycles. The van der Waals surface area contributed by atoms with Crippen molar-refractivity contribution in [2.24, 2.45) is 5.73 Å². The molecule has 0 bridgehead atoms. The van der Waals surface area contributed by atoms with Crippen LogP contribution in [0.5, 0.6) is 0 Å². The van der Waals surface area contributed by atoms with Crippen molar-refractivity contribution in [1.29, 1.82) is 0 Å². The number of pyridine rings is 1. The van der Waals surface area contributed by atoms with E-state index < -0.39 is 5.91 Å². The minimum absolute atomic E-state index is 0.0434. The van der Waals surface area contributed by atoms with Crippen LogP contribution in [0, 0.1) is 20.8 Å². The van der Waals surface area contributed by atoms with Gasteiger partial charge in [0.25, 0.3) is 5.91 Å². The fraction of sp³-hybridized carbons (Fsp3) is 0.267. The highest BCUT2D eigenvalue weighted by molar-refractivity contribution is 8.00. The van der Waals surface area contributed by atoms with E-state index in [1.807, 2.05) is 20.8 Å². The molecule has 0 saturated carbocycles. The zero-order valence-corrected chi connectivity index (χ0v) is 13.0. The maximum Gasteiger partial charge on any atom is 0.251 e. The first-order valence-electron chi connectivity index (χ1n) is 6.48. The van der Waals surface area contributed by atoms with E-state index >= 15 is 0 Å². The molecule has 0 saturated heterocycles. The van der Waals surface area contributed by atoms with E-state index in [0.29, 0.717) is 16.3 Å². The molecule has 0 unspecified atom stereocenters. The number of amides is 1. The third-order valence-corrected chi connectivity index (χ3v) is 4.42. The number of rotatable bonds is 5. The van der Waals surface area contributed by atoms with Gasteiger partial charge in [0, 0.05) is 11.9 Å². The van der Waals surface area contributed by atoms with Crippen molar-refractivity contribution in [3.05, 3.63) is 46.4 Å². The summed E-state index contributed by atoms with van der Waals surface area (Å²) in [5.41, 5.74) is 9.01. The largest absolute Gasteiger partial charge is 0.366 e. The van der Waals surface area contributed by atoms with Crippen LogP contribution in [-0.2, 0) is 0 Å². The molecule has 0 aliphatic carbocycles. The molecular weight excluding hydrogens is 286 g/mol. The summed E-state index contributed by atoms with van der Waals surface area (Å²) >= 11 is 1.24. The SMILES string of the molecule is Cc1nc(SCC(=O)c2ccc[nH]2)c(C(N)=O)c(C)c1C. The Morgan fingerprint density at radius 3 is 2.57 bits per heavy atom. The zero-order valence-electron chi connectivity index (χ0n) is 12.2. The number of nitrogens with one attached hydrogen (secondary N) is 1. The Balaban J connectivity index is 2.27. The van der Waals surface area contributed by atoms with Gasteiger partial charge in [0.05, 0.1) is 17.0 Å². The average Bonchev–Trinajstić information content (AvgIpc) is 2.95. The van der Waals surface area contributed by atoms with E-state index in [1.165, 1.54) is 11.8 Å². The lowest BCUT2D eigenvalue weighted by Crippen LogP contribution is -2.17. The van der Waals surface area contributed by atoms with Gasteiger partial charge in [-0.2, -0.15) is 0 Å². The predicted molar refractivity (Wildman–Crippen MR) is 82.8 cm³/mol. The Hall–Kier alpha value is -2.08. The van der Waals surface area contributed by atoms with Crippen molar-refractivity contribution in [2.75, 3.05) is 5.75 Å². The molecule has 0 fully saturated rings. The second-order valence-electron chi connectivity index (χ2n) is 4.79. The normalized spacial score (nSPS) is 10.6. The van der Waals surface area contributed by atoms with Crippen LogP contribution in [0.15, 0.2) is 23.4 Å². The molecule has 0 radical (unpaired) electrons. The number of Topliss-reactive ketones (excluding diaryl/α,β-unsaturated/α-hetero) is 1. The molecular formula is C15H17N3O2S. The van der Waals surface area contributed by atoms with Gasteiger partial charge in [-0.25, -0.2) is 4.98 Å². The van der Waals surface area contributed by atoms with Crippen LogP contribution in [0.1, 0.15) is 37.7 Å². The minimum Gasteiger partial charge on any atom is -0.366 e. The third kappa shape index (κ3) is 3.16. The summed E-state index contributed by atoms with van der Waals surface area (Å²) in [4.78, 5) is 30.9. The number of thioether (sulfide) groups is 1. The summed E-state index contributed by atoms with van der Waals surface area (Å²) in [6, 6.07) is 3.49. The first kappa shape index (κ1) is 15.3. The van der Waals surface area contributed by atoms with Gasteiger partial charge in [0.2, 0.25) is 0 Å². The number of hydrogen-bond acceptors (Lipinski definition) is 4. The maximum atomic E-state index is 12.0. The maximum absolute atomic E-state index is 12.0. The summed E-state index contributed by atoms with van der Waals surface area (Å²) in [7, 11) is 0. The summed E-state index contributed by atoms with van der Waals surface area (Å²) in [5.74, 6) is -0.355. The van der Waals surface area contributed by atoms with Crippen LogP contribution in [-0.4, -0.2) is 27.4 Å². The Morgan fingerprint density at radius 1 is 1.29 bits per heavy atom. The lowest BCUT2D eigenvalue weighted by atomic mass is 10.0. The molecule has 2 aromatic rings. The van der Waals surface area contributed by atoms with Gasteiger partial charge in [-0.15, -0.1) is 0 Å². The van der Waals surface area contributed by atoms with Crippen LogP contribution in [0.25, 0.3) is 0 Å². The average molecular weight is 303 g/mol. The zero-order chi connectivity index (χ0) is 15.6. The lowest BCUT2D eigenvalue weighted by molar-refractivity contribution is 0.0991. The lowest BCUT2D eigenvalue weighted by Gasteiger charge is -2.13. The van der Waals surface area contributed by atoms with Gasteiger partial charge < -0.3 is 10.7 Å². The second-order valence-corrected chi connectivity index (χ2v) is 5.75. The van der Waals surface area contributed by atoms with Crippen molar-refractivity contribution >= 4 is 23.5 Å². The van der Waals surface area contributed by atoms with Crippen LogP contribution in [0.4, 0.5) is 0 Å². The highest BCUT2D eigenvalue weighted by Gasteiger charge is 2.18. The number of hydrogen-bond donors (Lipinski definition) is 2. The smallest absolute Gasteiger partial charge is 0.251 e. The first-order chi connectivity index (χ1) is 9.91. The molecule has 6 heteroatoms. The number of H-pyrrole nitrogens is 1. The fourth-order valence-electron chi connectivity index (χ4n) is 2.02. The van der Waals surface area contributed by atoms with E-state index in [0.717, 1.165) is 16.8 Å². The van der Waals surface area contributed by atoms with Gasteiger partial charge >= 0.3 is 0 Å². The number of carbonyl (C=O) groups is 2. The molecule has 2 heterocycles. The van der Waals surface area contributed by atoms with E-state index in [1.54, 1.807) is 18.3 Å². The molecule has 2 aromatic heterocycles. The van der Waals surface area contributed by atoms with Crippen molar-refractivity contribution in [1.82, 2.24) is 9.97 Å². The monoisotopic (exact) mass is 303 g/mol. The van der Waals surface area contributed by atoms with E-state index in [4.69, 9.17) is 5.73 Å². The number of carbonyl (C=O) groups excluding carboxylic acids is 2. The van der Waals surface area contributed by atoms with Gasteiger partial charge in [-0.05, 0) is 44.0 Å². The molecule has 1 amide bonds. The van der Waals surface area contributed by atoms with Crippen molar-refractivity contribution in [2.45, 2.75) is 25.8 Å². The number of nitrogens with two attached hydrogens (primary N) is 1. The van der Waals surface area contributed by atoms with Crippen LogP contribution in [0.3, 0.4) is 0 Å². The third-order valence-electron chi connectivity index (χ3n) is 3.45. The predicted octanol–water partition coefficient (Wildman–Crippen LogP) is 2.41. The quantitative estimate of drug-likeness (QED) is 0.655. The van der Waals surface area contributed by atoms with Crippen molar-refractivity contribution in [3.63, 3.8) is 0 Å². The molecule has 0 aliphatic rings. The molecule has 0 aromatic carbocycles. The number of aromatic nitrogens is 2. The second kappa shape index (κ2) is 6.13. The molecule has 3 N–H and O–H groups in total. The molecule has 2 rings (SSSR count). The van der Waals surface area contributed by atoms with Gasteiger partial charge in [0.15, 0.2) is 5.78 Å². The number of nitrogens with zero attached hydrogens (tertiary/aromatic N) is 1.